The number of carboxylic acid groups (broad SMARTS) is 1. The van der Waals surface area contributed by atoms with E-state index in [2.05, 4.69) is 5.32 Å². The van der Waals surface area contributed by atoms with Crippen molar-refractivity contribution in [2.45, 2.75) is 37.6 Å². The summed E-state index contributed by atoms with van der Waals surface area (Å²) in [5, 5.41) is 11.8. The van der Waals surface area contributed by atoms with Crippen molar-refractivity contribution < 1.29 is 23.5 Å². The number of halogens is 2. The van der Waals surface area contributed by atoms with Crippen LogP contribution in [0, 0.1) is 11.6 Å². The molecule has 1 amide bonds. The van der Waals surface area contributed by atoms with Gasteiger partial charge in [-0.25, -0.2) is 13.6 Å². The Kier molecular flexibility index (Phi) is 5.02. The molecule has 0 aromatic heterocycles. The molecular formula is C20H19F2NO3. The minimum absolute atomic E-state index is 0.193. The second-order valence-electron chi connectivity index (χ2n) is 6.61. The van der Waals surface area contributed by atoms with E-state index in [1.54, 1.807) is 12.1 Å². The van der Waals surface area contributed by atoms with Crippen LogP contribution in [0.15, 0.2) is 42.5 Å². The lowest BCUT2D eigenvalue weighted by Gasteiger charge is -2.43. The minimum atomic E-state index is -0.998. The third-order valence-electron chi connectivity index (χ3n) is 4.87. The fourth-order valence-electron chi connectivity index (χ4n) is 3.27. The molecule has 0 saturated heterocycles. The molecule has 1 aliphatic rings. The van der Waals surface area contributed by atoms with Crippen LogP contribution in [0.4, 0.5) is 8.78 Å². The molecule has 0 unspecified atom stereocenters. The summed E-state index contributed by atoms with van der Waals surface area (Å²) in [5.74, 6) is -2.50. The molecule has 6 heteroatoms. The number of hydrogen-bond acceptors (Lipinski definition) is 2. The molecule has 0 radical (unpaired) electrons. The average molecular weight is 359 g/mol. The van der Waals surface area contributed by atoms with Crippen molar-refractivity contribution in [3.05, 3.63) is 70.8 Å². The molecule has 3 rings (SSSR count). The lowest BCUT2D eigenvalue weighted by atomic mass is 9.71. The summed E-state index contributed by atoms with van der Waals surface area (Å²) in [4.78, 5) is 23.2. The van der Waals surface area contributed by atoms with Gasteiger partial charge in [0.05, 0.1) is 11.1 Å². The van der Waals surface area contributed by atoms with E-state index in [0.29, 0.717) is 24.8 Å². The highest BCUT2D eigenvalue weighted by molar-refractivity contribution is 5.87. The Hall–Kier alpha value is -2.76. The Morgan fingerprint density at radius 1 is 1.08 bits per heavy atom. The smallest absolute Gasteiger partial charge is 0.335 e. The quantitative estimate of drug-likeness (QED) is 0.825. The van der Waals surface area contributed by atoms with Crippen molar-refractivity contribution in [2.75, 3.05) is 0 Å². The second-order valence-corrected chi connectivity index (χ2v) is 6.61. The first kappa shape index (κ1) is 18.0. The first-order valence-corrected chi connectivity index (χ1v) is 8.48. The zero-order valence-electron chi connectivity index (χ0n) is 14.1. The lowest BCUT2D eigenvalue weighted by Crippen LogP contribution is -2.51. The van der Waals surface area contributed by atoms with Gasteiger partial charge in [-0.2, -0.15) is 0 Å². The number of benzene rings is 2. The van der Waals surface area contributed by atoms with Crippen molar-refractivity contribution in [1.29, 1.82) is 0 Å². The number of nitrogens with one attached hydrogen (secondary N) is 1. The first-order valence-electron chi connectivity index (χ1n) is 8.48. The van der Waals surface area contributed by atoms with Gasteiger partial charge in [0.1, 0.15) is 11.6 Å². The van der Waals surface area contributed by atoms with Gasteiger partial charge in [-0.05, 0) is 49.4 Å². The van der Waals surface area contributed by atoms with E-state index in [1.807, 2.05) is 0 Å². The molecular weight excluding hydrogens is 340 g/mol. The number of carbonyl (C=O) groups excluding carboxylic acids is 1. The van der Waals surface area contributed by atoms with E-state index in [0.717, 1.165) is 18.1 Å². The summed E-state index contributed by atoms with van der Waals surface area (Å²) in [7, 11) is 0. The van der Waals surface area contributed by atoms with Gasteiger partial charge in [0.25, 0.3) is 0 Å². The number of amides is 1. The SMILES string of the molecule is O=C(CCc1ccc(C(=O)O)cc1)NC1(c2ccc(F)cc2F)CCC1. The van der Waals surface area contributed by atoms with Crippen LogP contribution in [0.3, 0.4) is 0 Å². The monoisotopic (exact) mass is 359 g/mol. The molecule has 2 N–H and O–H groups in total. The first-order chi connectivity index (χ1) is 12.4. The van der Waals surface area contributed by atoms with Crippen LogP contribution in [-0.2, 0) is 16.8 Å². The zero-order valence-corrected chi connectivity index (χ0v) is 14.1. The Bertz CT molecular complexity index is 829. The van der Waals surface area contributed by atoms with Gasteiger partial charge in [0, 0.05) is 18.1 Å². The Balaban J connectivity index is 1.63. The summed E-state index contributed by atoms with van der Waals surface area (Å²) in [6.07, 6.45) is 2.77. The summed E-state index contributed by atoms with van der Waals surface area (Å²) in [5.41, 5.74) is 0.602. The van der Waals surface area contributed by atoms with Crippen LogP contribution >= 0.6 is 0 Å². The van der Waals surface area contributed by atoms with E-state index < -0.39 is 23.1 Å². The van der Waals surface area contributed by atoms with E-state index in [9.17, 15) is 18.4 Å². The van der Waals surface area contributed by atoms with Crippen molar-refractivity contribution in [2.24, 2.45) is 0 Å². The molecule has 26 heavy (non-hydrogen) atoms. The Morgan fingerprint density at radius 3 is 2.31 bits per heavy atom. The van der Waals surface area contributed by atoms with Gasteiger partial charge in [-0.3, -0.25) is 4.79 Å². The van der Waals surface area contributed by atoms with Crippen molar-refractivity contribution in [3.8, 4) is 0 Å². The highest BCUT2D eigenvalue weighted by Crippen LogP contribution is 2.42. The molecule has 0 spiro atoms. The summed E-state index contributed by atoms with van der Waals surface area (Å²) in [6.45, 7) is 0. The molecule has 4 nitrogen and oxygen atoms in total. The average Bonchev–Trinajstić information content (AvgIpc) is 2.57. The molecule has 136 valence electrons. The molecule has 0 heterocycles. The maximum absolute atomic E-state index is 14.1. The normalized spacial score (nSPS) is 15.2. The molecule has 0 aliphatic heterocycles. The summed E-state index contributed by atoms with van der Waals surface area (Å²) in [6, 6.07) is 9.79. The maximum Gasteiger partial charge on any atom is 0.335 e. The van der Waals surface area contributed by atoms with E-state index >= 15 is 0 Å². The largest absolute Gasteiger partial charge is 0.478 e. The predicted octanol–water partition coefficient (Wildman–Crippen LogP) is 3.79. The Morgan fingerprint density at radius 2 is 1.77 bits per heavy atom. The van der Waals surface area contributed by atoms with Crippen LogP contribution in [0.5, 0.6) is 0 Å². The number of hydrogen-bond donors (Lipinski definition) is 2. The number of aryl methyl sites for hydroxylation is 1. The van der Waals surface area contributed by atoms with Gasteiger partial charge in [0.2, 0.25) is 5.91 Å². The molecule has 2 aromatic carbocycles. The van der Waals surface area contributed by atoms with Crippen LogP contribution in [0.1, 0.15) is 47.2 Å². The van der Waals surface area contributed by atoms with Gasteiger partial charge in [-0.15, -0.1) is 0 Å². The van der Waals surface area contributed by atoms with Crippen LogP contribution in [-0.4, -0.2) is 17.0 Å². The predicted molar refractivity (Wildman–Crippen MR) is 91.8 cm³/mol. The number of rotatable bonds is 6. The van der Waals surface area contributed by atoms with E-state index in [1.165, 1.54) is 24.3 Å². The van der Waals surface area contributed by atoms with Gasteiger partial charge in [0.15, 0.2) is 0 Å². The third-order valence-corrected chi connectivity index (χ3v) is 4.87. The van der Waals surface area contributed by atoms with Crippen LogP contribution in [0.2, 0.25) is 0 Å². The van der Waals surface area contributed by atoms with Crippen molar-refractivity contribution >= 4 is 11.9 Å². The highest BCUT2D eigenvalue weighted by atomic mass is 19.1. The second kappa shape index (κ2) is 7.23. The fraction of sp³-hybridized carbons (Fsp3) is 0.300. The minimum Gasteiger partial charge on any atom is -0.478 e. The fourth-order valence-corrected chi connectivity index (χ4v) is 3.27. The van der Waals surface area contributed by atoms with Gasteiger partial charge in [-0.1, -0.05) is 18.2 Å². The lowest BCUT2D eigenvalue weighted by molar-refractivity contribution is -0.124. The van der Waals surface area contributed by atoms with Crippen LogP contribution < -0.4 is 5.32 Å². The topological polar surface area (TPSA) is 66.4 Å². The summed E-state index contributed by atoms with van der Waals surface area (Å²) >= 11 is 0. The highest BCUT2D eigenvalue weighted by Gasteiger charge is 2.41. The number of carbonyl (C=O) groups is 2. The van der Waals surface area contributed by atoms with Crippen molar-refractivity contribution in [3.63, 3.8) is 0 Å². The maximum atomic E-state index is 14.1. The molecule has 1 saturated carbocycles. The molecule has 0 bridgehead atoms. The summed E-state index contributed by atoms with van der Waals surface area (Å²) < 4.78 is 27.3. The van der Waals surface area contributed by atoms with E-state index in [4.69, 9.17) is 5.11 Å². The molecule has 2 aromatic rings. The standard InChI is InChI=1S/C20H19F2NO3/c21-15-7-8-16(17(22)12-15)20(10-1-11-20)23-18(24)9-4-13-2-5-14(6-3-13)19(25)26/h2-3,5-8,12H,1,4,9-11H2,(H,23,24)(H,25,26). The molecule has 1 aliphatic carbocycles. The van der Waals surface area contributed by atoms with Crippen molar-refractivity contribution in [1.82, 2.24) is 5.32 Å². The number of aromatic carboxylic acids is 1. The third kappa shape index (κ3) is 3.74. The van der Waals surface area contributed by atoms with E-state index in [-0.39, 0.29) is 17.9 Å². The molecule has 1 fully saturated rings. The Labute approximate surface area is 149 Å². The van der Waals surface area contributed by atoms with Gasteiger partial charge < -0.3 is 10.4 Å². The number of carboxylic acids is 1. The van der Waals surface area contributed by atoms with Gasteiger partial charge >= 0.3 is 5.97 Å². The zero-order chi connectivity index (χ0) is 18.7. The van der Waals surface area contributed by atoms with Crippen LogP contribution in [0.25, 0.3) is 0 Å². The molecule has 0 atom stereocenters.